The van der Waals surface area contributed by atoms with E-state index < -0.39 is 0 Å². The second kappa shape index (κ2) is 10.9. The summed E-state index contributed by atoms with van der Waals surface area (Å²) in [7, 11) is 0. The fourth-order valence-electron chi connectivity index (χ4n) is 2.31. The van der Waals surface area contributed by atoms with Gasteiger partial charge in [0.2, 0.25) is 0 Å². The Bertz CT molecular complexity index is 799. The van der Waals surface area contributed by atoms with Gasteiger partial charge in [0.05, 0.1) is 24.5 Å². The van der Waals surface area contributed by atoms with Crippen LogP contribution in [-0.2, 0) is 0 Å². The van der Waals surface area contributed by atoms with Crippen molar-refractivity contribution in [1.82, 2.24) is 5.32 Å². The Balaban J connectivity index is 2.08. The summed E-state index contributed by atoms with van der Waals surface area (Å²) in [5, 5.41) is 5.89. The van der Waals surface area contributed by atoms with Gasteiger partial charge in [-0.05, 0) is 55.9 Å². The molecule has 27 heavy (non-hydrogen) atoms. The number of nitrogens with one attached hydrogen (secondary N) is 2. The Hall–Kier alpha value is -2.12. The monoisotopic (exact) mass is 450 g/mol. The largest absolute Gasteiger partial charge is 0.493 e. The molecule has 144 valence electrons. The molecule has 0 radical (unpaired) electrons. The number of amides is 1. The summed E-state index contributed by atoms with van der Waals surface area (Å²) >= 11 is 8.68. The molecular formula is C20H23BrN2O3S. The van der Waals surface area contributed by atoms with Crippen LogP contribution in [0.25, 0.3) is 0 Å². The lowest BCUT2D eigenvalue weighted by molar-refractivity contribution is 0.0973. The molecule has 0 saturated heterocycles. The Kier molecular flexibility index (Phi) is 8.54. The summed E-state index contributed by atoms with van der Waals surface area (Å²) in [4.78, 5) is 12.7. The molecule has 0 aliphatic rings. The molecule has 7 heteroatoms. The van der Waals surface area contributed by atoms with Gasteiger partial charge in [0.1, 0.15) is 11.5 Å². The number of thiocarbonyl (C=S) groups is 1. The van der Waals surface area contributed by atoms with E-state index >= 15 is 0 Å². The van der Waals surface area contributed by atoms with Crippen LogP contribution in [0.5, 0.6) is 11.5 Å². The number of benzene rings is 2. The third-order valence-electron chi connectivity index (χ3n) is 3.60. The zero-order valence-electron chi connectivity index (χ0n) is 15.4. The lowest BCUT2D eigenvalue weighted by Crippen LogP contribution is -2.34. The van der Waals surface area contributed by atoms with Gasteiger partial charge in [-0.3, -0.25) is 10.1 Å². The number of carbonyl (C=O) groups excluding carboxylic acids is 1. The maximum absolute atomic E-state index is 12.7. The van der Waals surface area contributed by atoms with Crippen LogP contribution in [0.3, 0.4) is 0 Å². The van der Waals surface area contributed by atoms with E-state index in [0.717, 1.165) is 17.3 Å². The third-order valence-corrected chi connectivity index (χ3v) is 4.30. The number of unbranched alkanes of at least 4 members (excludes halogenated alkanes) is 1. The van der Waals surface area contributed by atoms with Gasteiger partial charge < -0.3 is 14.8 Å². The molecule has 0 unspecified atom stereocenters. The van der Waals surface area contributed by atoms with Crippen molar-refractivity contribution >= 4 is 44.9 Å². The van der Waals surface area contributed by atoms with Crippen molar-refractivity contribution in [3.8, 4) is 11.5 Å². The molecular weight excluding hydrogens is 428 g/mol. The van der Waals surface area contributed by atoms with Crippen molar-refractivity contribution < 1.29 is 14.3 Å². The molecule has 5 nitrogen and oxygen atoms in total. The summed E-state index contributed by atoms with van der Waals surface area (Å²) in [5.41, 5.74) is 1.11. The maximum Gasteiger partial charge on any atom is 0.261 e. The average molecular weight is 451 g/mol. The number of hydrogen-bond donors (Lipinski definition) is 2. The van der Waals surface area contributed by atoms with Crippen LogP contribution in [0.1, 0.15) is 37.0 Å². The Morgan fingerprint density at radius 1 is 1.11 bits per heavy atom. The van der Waals surface area contributed by atoms with Gasteiger partial charge in [-0.25, -0.2) is 0 Å². The summed E-state index contributed by atoms with van der Waals surface area (Å²) < 4.78 is 12.1. The van der Waals surface area contributed by atoms with Gasteiger partial charge in [0.25, 0.3) is 5.91 Å². The molecule has 2 aromatic rings. The highest BCUT2D eigenvalue weighted by Gasteiger charge is 2.15. The van der Waals surface area contributed by atoms with Crippen LogP contribution in [0.2, 0.25) is 0 Å². The van der Waals surface area contributed by atoms with Crippen LogP contribution < -0.4 is 20.1 Å². The van der Waals surface area contributed by atoms with E-state index in [1.807, 2.05) is 37.3 Å². The van der Waals surface area contributed by atoms with Crippen LogP contribution in [0.15, 0.2) is 46.9 Å². The van der Waals surface area contributed by atoms with Gasteiger partial charge in [-0.1, -0.05) is 41.4 Å². The highest BCUT2D eigenvalue weighted by Crippen LogP contribution is 2.25. The van der Waals surface area contributed by atoms with E-state index in [4.69, 9.17) is 21.7 Å². The quantitative estimate of drug-likeness (QED) is 0.429. The van der Waals surface area contributed by atoms with Crippen molar-refractivity contribution in [2.24, 2.45) is 0 Å². The van der Waals surface area contributed by atoms with E-state index in [1.165, 1.54) is 0 Å². The lowest BCUT2D eigenvalue weighted by atomic mass is 10.2. The molecule has 0 atom stereocenters. The smallest absolute Gasteiger partial charge is 0.261 e. The average Bonchev–Trinajstić information content (AvgIpc) is 2.64. The molecule has 0 spiro atoms. The molecule has 0 aromatic heterocycles. The second-order valence-corrected chi connectivity index (χ2v) is 7.00. The van der Waals surface area contributed by atoms with Crippen LogP contribution >= 0.6 is 28.1 Å². The van der Waals surface area contributed by atoms with E-state index in [9.17, 15) is 4.79 Å². The van der Waals surface area contributed by atoms with Gasteiger partial charge in [0, 0.05) is 4.47 Å². The molecule has 2 aromatic carbocycles. The highest BCUT2D eigenvalue weighted by atomic mass is 79.9. The van der Waals surface area contributed by atoms with E-state index in [-0.39, 0.29) is 11.0 Å². The molecule has 0 bridgehead atoms. The lowest BCUT2D eigenvalue weighted by Gasteiger charge is -2.15. The molecule has 1 amide bonds. The fourth-order valence-corrected chi connectivity index (χ4v) is 2.87. The van der Waals surface area contributed by atoms with Crippen molar-refractivity contribution in [2.45, 2.75) is 26.7 Å². The zero-order valence-corrected chi connectivity index (χ0v) is 17.8. The van der Waals surface area contributed by atoms with E-state index in [2.05, 4.69) is 33.5 Å². The first-order valence-electron chi connectivity index (χ1n) is 8.81. The van der Waals surface area contributed by atoms with Crippen molar-refractivity contribution in [3.63, 3.8) is 0 Å². The van der Waals surface area contributed by atoms with Crippen molar-refractivity contribution in [2.75, 3.05) is 18.5 Å². The second-order valence-electron chi connectivity index (χ2n) is 5.68. The minimum Gasteiger partial charge on any atom is -0.493 e. The minimum atomic E-state index is -0.339. The summed E-state index contributed by atoms with van der Waals surface area (Å²) in [6.45, 7) is 5.09. The molecule has 2 N–H and O–H groups in total. The third kappa shape index (κ3) is 6.52. The number of halogens is 1. The van der Waals surface area contributed by atoms with Gasteiger partial charge in [0.15, 0.2) is 5.11 Å². The first-order valence-corrected chi connectivity index (χ1v) is 10.0. The topological polar surface area (TPSA) is 59.6 Å². The predicted molar refractivity (Wildman–Crippen MR) is 116 cm³/mol. The molecule has 0 saturated carbocycles. The normalized spacial score (nSPS) is 10.2. The number of carbonyl (C=O) groups is 1. The van der Waals surface area contributed by atoms with Crippen LogP contribution in [-0.4, -0.2) is 24.2 Å². The Morgan fingerprint density at radius 2 is 1.89 bits per heavy atom. The molecule has 0 aliphatic heterocycles. The number of para-hydroxylation sites is 2. The Morgan fingerprint density at radius 3 is 2.63 bits per heavy atom. The number of anilines is 1. The number of hydrogen-bond acceptors (Lipinski definition) is 4. The van der Waals surface area contributed by atoms with Gasteiger partial charge in [-0.2, -0.15) is 0 Å². The Labute approximate surface area is 173 Å². The standard InChI is InChI=1S/C20H23BrN2O3S/c1-3-5-12-26-17-11-10-14(21)13-15(17)19(24)23-20(27)22-16-8-6-7-9-18(16)25-4-2/h6-11,13H,3-5,12H2,1-2H3,(H2,22,23,24,27). The highest BCUT2D eigenvalue weighted by molar-refractivity contribution is 9.10. The SMILES string of the molecule is CCCCOc1ccc(Br)cc1C(=O)NC(=S)Nc1ccccc1OCC. The first kappa shape index (κ1) is 21.2. The maximum atomic E-state index is 12.7. The van der Waals surface area contributed by atoms with Gasteiger partial charge >= 0.3 is 0 Å². The minimum absolute atomic E-state index is 0.187. The molecule has 0 heterocycles. The number of ether oxygens (including phenoxy) is 2. The van der Waals surface area contributed by atoms with E-state index in [1.54, 1.807) is 12.1 Å². The molecule has 0 aliphatic carbocycles. The molecule has 0 fully saturated rings. The van der Waals surface area contributed by atoms with Crippen LogP contribution in [0.4, 0.5) is 5.69 Å². The van der Waals surface area contributed by atoms with Gasteiger partial charge in [-0.15, -0.1) is 0 Å². The van der Waals surface area contributed by atoms with Crippen LogP contribution in [0, 0.1) is 0 Å². The number of rotatable bonds is 8. The summed E-state index contributed by atoms with van der Waals surface area (Å²) in [5.74, 6) is 0.860. The fraction of sp³-hybridized carbons (Fsp3) is 0.300. The van der Waals surface area contributed by atoms with Crippen molar-refractivity contribution in [3.05, 3.63) is 52.5 Å². The summed E-state index contributed by atoms with van der Waals surface area (Å²) in [6, 6.07) is 12.7. The molecule has 2 rings (SSSR count). The van der Waals surface area contributed by atoms with E-state index in [0.29, 0.717) is 36.0 Å². The zero-order chi connectivity index (χ0) is 19.6. The van der Waals surface area contributed by atoms with Crippen molar-refractivity contribution in [1.29, 1.82) is 0 Å². The predicted octanol–water partition coefficient (Wildman–Crippen LogP) is 5.15. The summed E-state index contributed by atoms with van der Waals surface area (Å²) in [6.07, 6.45) is 1.94. The first-order chi connectivity index (χ1) is 13.0.